The minimum absolute atomic E-state index is 0.275. The van der Waals surface area contributed by atoms with Crippen molar-refractivity contribution in [3.63, 3.8) is 0 Å². The molecule has 0 amide bonds. The Bertz CT molecular complexity index is 557. The minimum atomic E-state index is -0.359. The van der Waals surface area contributed by atoms with Gasteiger partial charge in [0.2, 0.25) is 0 Å². The molecule has 2 rings (SSSR count). The van der Waals surface area contributed by atoms with E-state index in [9.17, 15) is 4.39 Å². The molecule has 2 aromatic carbocycles. The van der Waals surface area contributed by atoms with Gasteiger partial charge in [-0.05, 0) is 30.7 Å². The monoisotopic (exact) mass is 308 g/mol. The van der Waals surface area contributed by atoms with Gasteiger partial charge in [-0.3, -0.25) is 5.84 Å². The molecule has 0 saturated heterocycles. The lowest BCUT2D eigenvalue weighted by Gasteiger charge is -2.18. The lowest BCUT2D eigenvalue weighted by molar-refractivity contribution is 0.559. The summed E-state index contributed by atoms with van der Waals surface area (Å²) in [7, 11) is 0. The molecule has 0 saturated carbocycles. The summed E-state index contributed by atoms with van der Waals surface area (Å²) in [6, 6.07) is 12.3. The number of hydrogen-bond acceptors (Lipinski definition) is 2. The van der Waals surface area contributed by atoms with Crippen molar-refractivity contribution in [1.29, 1.82) is 0 Å². The molecule has 18 heavy (non-hydrogen) atoms. The van der Waals surface area contributed by atoms with Crippen molar-refractivity contribution in [1.82, 2.24) is 5.43 Å². The highest BCUT2D eigenvalue weighted by Crippen LogP contribution is 2.26. The van der Waals surface area contributed by atoms with Crippen molar-refractivity contribution < 1.29 is 4.39 Å². The van der Waals surface area contributed by atoms with E-state index < -0.39 is 0 Å². The lowest BCUT2D eigenvalue weighted by Crippen LogP contribution is -2.29. The largest absolute Gasteiger partial charge is 0.271 e. The van der Waals surface area contributed by atoms with Gasteiger partial charge in [0, 0.05) is 10.0 Å². The molecular weight excluding hydrogens is 295 g/mol. The van der Waals surface area contributed by atoms with E-state index in [1.807, 2.05) is 31.2 Å². The molecule has 94 valence electrons. The molecule has 0 aliphatic rings. The Labute approximate surface area is 114 Å². The maximum absolute atomic E-state index is 13.9. The van der Waals surface area contributed by atoms with E-state index in [0.717, 1.165) is 15.6 Å². The summed E-state index contributed by atoms with van der Waals surface area (Å²) in [6.45, 7) is 1.99. The van der Waals surface area contributed by atoms with Gasteiger partial charge < -0.3 is 0 Å². The quantitative estimate of drug-likeness (QED) is 0.673. The van der Waals surface area contributed by atoms with Crippen molar-refractivity contribution in [3.8, 4) is 0 Å². The highest BCUT2D eigenvalue weighted by molar-refractivity contribution is 9.10. The molecule has 1 unspecified atom stereocenters. The zero-order valence-electron chi connectivity index (χ0n) is 9.95. The average molecular weight is 309 g/mol. The second kappa shape index (κ2) is 5.61. The predicted octanol–water partition coefficient (Wildman–Crippen LogP) is 3.45. The van der Waals surface area contributed by atoms with Crippen molar-refractivity contribution in [3.05, 3.63) is 69.4 Å². The Morgan fingerprint density at radius 2 is 2.00 bits per heavy atom. The first-order valence-electron chi connectivity index (χ1n) is 5.59. The fourth-order valence-corrected chi connectivity index (χ4v) is 2.33. The van der Waals surface area contributed by atoms with Gasteiger partial charge in [0.15, 0.2) is 0 Å². The average Bonchev–Trinajstić information content (AvgIpc) is 2.35. The van der Waals surface area contributed by atoms with Crippen LogP contribution in [-0.4, -0.2) is 0 Å². The number of nitrogens with two attached hydrogens (primary N) is 1. The molecule has 0 spiro atoms. The molecule has 0 bridgehead atoms. The highest BCUT2D eigenvalue weighted by Gasteiger charge is 2.16. The van der Waals surface area contributed by atoms with Crippen LogP contribution in [0.1, 0.15) is 22.7 Å². The smallest absolute Gasteiger partial charge is 0.128 e. The second-order valence-corrected chi connectivity index (χ2v) is 5.10. The Kier molecular flexibility index (Phi) is 4.11. The van der Waals surface area contributed by atoms with Crippen LogP contribution in [0.25, 0.3) is 0 Å². The van der Waals surface area contributed by atoms with Crippen LogP contribution in [0.3, 0.4) is 0 Å². The normalized spacial score (nSPS) is 12.4. The number of halogens is 2. The Hall–Kier alpha value is -1.23. The molecule has 2 aromatic rings. The van der Waals surface area contributed by atoms with Crippen LogP contribution >= 0.6 is 15.9 Å². The van der Waals surface area contributed by atoms with E-state index in [4.69, 9.17) is 5.84 Å². The Morgan fingerprint density at radius 1 is 1.22 bits per heavy atom. The third-order valence-electron chi connectivity index (χ3n) is 2.81. The van der Waals surface area contributed by atoms with Crippen LogP contribution in [0.15, 0.2) is 46.9 Å². The van der Waals surface area contributed by atoms with Crippen molar-refractivity contribution in [2.45, 2.75) is 13.0 Å². The first-order chi connectivity index (χ1) is 8.61. The molecular formula is C14H14BrFN2. The predicted molar refractivity (Wildman–Crippen MR) is 74.4 cm³/mol. The van der Waals surface area contributed by atoms with Gasteiger partial charge in [0.1, 0.15) is 5.82 Å². The number of nitrogens with one attached hydrogen (secondary N) is 1. The molecule has 0 heterocycles. The third kappa shape index (κ3) is 2.77. The van der Waals surface area contributed by atoms with Crippen molar-refractivity contribution >= 4 is 15.9 Å². The summed E-state index contributed by atoms with van der Waals surface area (Å²) in [5.41, 5.74) is 5.25. The molecule has 4 heteroatoms. The van der Waals surface area contributed by atoms with Crippen LogP contribution in [0.4, 0.5) is 4.39 Å². The van der Waals surface area contributed by atoms with E-state index in [2.05, 4.69) is 21.4 Å². The summed E-state index contributed by atoms with van der Waals surface area (Å²) in [6.07, 6.45) is 0. The third-order valence-corrected chi connectivity index (χ3v) is 3.30. The fraction of sp³-hybridized carbons (Fsp3) is 0.143. The number of hydrazine groups is 1. The molecule has 0 radical (unpaired) electrons. The maximum Gasteiger partial charge on any atom is 0.128 e. The first-order valence-corrected chi connectivity index (χ1v) is 6.39. The summed E-state index contributed by atoms with van der Waals surface area (Å²) >= 11 is 3.35. The summed E-state index contributed by atoms with van der Waals surface area (Å²) in [4.78, 5) is 0. The topological polar surface area (TPSA) is 38.0 Å². The van der Waals surface area contributed by atoms with Gasteiger partial charge in [-0.2, -0.15) is 0 Å². The SMILES string of the molecule is Cc1cccc(C(NN)c2cc(Br)ccc2F)c1. The van der Waals surface area contributed by atoms with E-state index in [0.29, 0.717) is 5.56 Å². The standard InChI is InChI=1S/C14H14BrFN2/c1-9-3-2-4-10(7-9)14(18-17)12-8-11(15)5-6-13(12)16/h2-8,14,18H,17H2,1H3. The van der Waals surface area contributed by atoms with E-state index >= 15 is 0 Å². The Balaban J connectivity index is 2.48. The molecule has 0 fully saturated rings. The van der Waals surface area contributed by atoms with Crippen LogP contribution < -0.4 is 11.3 Å². The first kappa shape index (κ1) is 13.2. The van der Waals surface area contributed by atoms with Crippen molar-refractivity contribution in [2.75, 3.05) is 0 Å². The van der Waals surface area contributed by atoms with Gasteiger partial charge in [0.25, 0.3) is 0 Å². The number of hydrogen-bond donors (Lipinski definition) is 2. The molecule has 3 N–H and O–H groups in total. The van der Waals surface area contributed by atoms with Gasteiger partial charge >= 0.3 is 0 Å². The van der Waals surface area contributed by atoms with Gasteiger partial charge in [-0.15, -0.1) is 0 Å². The summed E-state index contributed by atoms with van der Waals surface area (Å²) in [5.74, 6) is 5.30. The van der Waals surface area contributed by atoms with E-state index in [1.54, 1.807) is 12.1 Å². The zero-order chi connectivity index (χ0) is 13.1. The fourth-order valence-electron chi connectivity index (χ4n) is 1.95. The summed E-state index contributed by atoms with van der Waals surface area (Å²) in [5, 5.41) is 0. The number of benzene rings is 2. The number of rotatable bonds is 3. The molecule has 0 aliphatic carbocycles. The highest BCUT2D eigenvalue weighted by atomic mass is 79.9. The Morgan fingerprint density at radius 3 is 2.67 bits per heavy atom. The summed E-state index contributed by atoms with van der Waals surface area (Å²) < 4.78 is 14.7. The van der Waals surface area contributed by atoms with Crippen LogP contribution in [0, 0.1) is 12.7 Å². The van der Waals surface area contributed by atoms with Crippen LogP contribution in [0.5, 0.6) is 0 Å². The van der Waals surface area contributed by atoms with E-state index in [-0.39, 0.29) is 11.9 Å². The maximum atomic E-state index is 13.9. The molecule has 1 atom stereocenters. The van der Waals surface area contributed by atoms with Crippen LogP contribution in [-0.2, 0) is 0 Å². The van der Waals surface area contributed by atoms with E-state index in [1.165, 1.54) is 6.07 Å². The molecule has 0 aromatic heterocycles. The van der Waals surface area contributed by atoms with Gasteiger partial charge in [-0.1, -0.05) is 45.8 Å². The molecule has 0 aliphatic heterocycles. The van der Waals surface area contributed by atoms with Gasteiger partial charge in [-0.25, -0.2) is 9.82 Å². The lowest BCUT2D eigenvalue weighted by atomic mass is 9.97. The zero-order valence-corrected chi connectivity index (χ0v) is 11.5. The van der Waals surface area contributed by atoms with Gasteiger partial charge in [0.05, 0.1) is 6.04 Å². The van der Waals surface area contributed by atoms with Crippen LogP contribution in [0.2, 0.25) is 0 Å². The second-order valence-electron chi connectivity index (χ2n) is 4.18. The molecule has 2 nitrogen and oxygen atoms in total. The minimum Gasteiger partial charge on any atom is -0.271 e. The number of aryl methyl sites for hydroxylation is 1. The van der Waals surface area contributed by atoms with Crippen molar-refractivity contribution in [2.24, 2.45) is 5.84 Å².